The minimum absolute atomic E-state index is 0.351. The third kappa shape index (κ3) is 1.86. The summed E-state index contributed by atoms with van der Waals surface area (Å²) in [5.41, 5.74) is 1.67. The highest BCUT2D eigenvalue weighted by molar-refractivity contribution is 6.43. The molecule has 0 aromatic heterocycles. The summed E-state index contributed by atoms with van der Waals surface area (Å²) in [7, 11) is 0. The number of amides is 1. The van der Waals surface area contributed by atoms with Crippen LogP contribution in [-0.2, 0) is 0 Å². The number of carbonyl (C=O) groups is 1. The molecule has 2 nitrogen and oxygen atoms in total. The molecule has 4 heteroatoms. The van der Waals surface area contributed by atoms with E-state index in [1.807, 2.05) is 18.2 Å². The monoisotopic (exact) mass is 229 g/mol. The Bertz CT molecular complexity index is 361. The number of hydrogen-bond acceptors (Lipinski definition) is 1. The van der Waals surface area contributed by atoms with Crippen LogP contribution < -0.4 is 0 Å². The van der Waals surface area contributed by atoms with Crippen molar-refractivity contribution in [3.05, 3.63) is 35.4 Å². The molecule has 1 aromatic carbocycles. The summed E-state index contributed by atoms with van der Waals surface area (Å²) in [6.07, 6.45) is 2.30. The molecule has 0 heterocycles. The lowest BCUT2D eigenvalue weighted by atomic mass is 10.0. The van der Waals surface area contributed by atoms with E-state index in [-0.39, 0.29) is 5.91 Å². The molecule has 1 aromatic rings. The second-order valence-corrected chi connectivity index (χ2v) is 4.25. The van der Waals surface area contributed by atoms with Crippen LogP contribution in [0.5, 0.6) is 0 Å². The Balaban J connectivity index is 2.36. The minimum Gasteiger partial charge on any atom is -0.266 e. The van der Waals surface area contributed by atoms with Crippen LogP contribution in [-0.4, -0.2) is 9.85 Å². The second-order valence-electron chi connectivity index (χ2n) is 3.40. The summed E-state index contributed by atoms with van der Waals surface area (Å²) < 4.78 is 0.585. The van der Waals surface area contributed by atoms with Crippen LogP contribution in [0.4, 0.5) is 0 Å². The molecule has 0 aliphatic heterocycles. The maximum Gasteiger partial charge on any atom is 0.283 e. The van der Waals surface area contributed by atoms with Crippen molar-refractivity contribution in [2.75, 3.05) is 0 Å². The maximum atomic E-state index is 11.6. The van der Waals surface area contributed by atoms with E-state index >= 15 is 0 Å². The van der Waals surface area contributed by atoms with Crippen LogP contribution in [0.1, 0.15) is 34.7 Å². The Labute approximate surface area is 92.6 Å². The van der Waals surface area contributed by atoms with Gasteiger partial charge in [-0.15, -0.1) is 0 Å². The fourth-order valence-corrected chi connectivity index (χ4v) is 1.72. The Morgan fingerprint density at radius 2 is 1.93 bits per heavy atom. The van der Waals surface area contributed by atoms with Crippen LogP contribution >= 0.6 is 23.6 Å². The van der Waals surface area contributed by atoms with Gasteiger partial charge in [-0.25, -0.2) is 0 Å². The number of nitrogens with zero attached hydrogens (tertiary/aromatic N) is 1. The summed E-state index contributed by atoms with van der Waals surface area (Å²) in [6.45, 7) is 0. The van der Waals surface area contributed by atoms with Gasteiger partial charge in [0.2, 0.25) is 0 Å². The summed E-state index contributed by atoms with van der Waals surface area (Å²) >= 11 is 10.8. The first-order chi connectivity index (χ1) is 6.70. The van der Waals surface area contributed by atoms with E-state index in [0.29, 0.717) is 15.4 Å². The van der Waals surface area contributed by atoms with Gasteiger partial charge in [0, 0.05) is 29.1 Å². The van der Waals surface area contributed by atoms with Crippen LogP contribution in [0.25, 0.3) is 0 Å². The van der Waals surface area contributed by atoms with Gasteiger partial charge in [-0.2, -0.15) is 3.94 Å². The lowest BCUT2D eigenvalue weighted by Gasteiger charge is -2.08. The summed E-state index contributed by atoms with van der Waals surface area (Å²) in [6, 6.07) is 7.46. The van der Waals surface area contributed by atoms with Gasteiger partial charge in [0.15, 0.2) is 0 Å². The van der Waals surface area contributed by atoms with Gasteiger partial charge < -0.3 is 0 Å². The van der Waals surface area contributed by atoms with Gasteiger partial charge in [0.1, 0.15) is 0 Å². The topological polar surface area (TPSA) is 20.3 Å². The van der Waals surface area contributed by atoms with E-state index in [2.05, 4.69) is 0 Å². The zero-order valence-electron chi connectivity index (χ0n) is 7.41. The summed E-state index contributed by atoms with van der Waals surface area (Å²) in [5.74, 6) is 0.166. The number of benzene rings is 1. The lowest BCUT2D eigenvalue weighted by Crippen LogP contribution is -2.13. The molecule has 0 radical (unpaired) electrons. The average Bonchev–Trinajstić information content (AvgIpc) is 3.00. The number of carbonyl (C=O) groups excluding carboxylic acids is 1. The van der Waals surface area contributed by atoms with Gasteiger partial charge in [-0.3, -0.25) is 4.79 Å². The molecule has 0 spiro atoms. The maximum absolute atomic E-state index is 11.6. The minimum atomic E-state index is -0.351. The van der Waals surface area contributed by atoms with E-state index in [4.69, 9.17) is 23.6 Å². The third-order valence-corrected chi connectivity index (χ3v) is 2.67. The number of halogens is 2. The van der Waals surface area contributed by atoms with Gasteiger partial charge in [-0.1, -0.05) is 18.2 Å². The molecule has 1 saturated carbocycles. The third-order valence-electron chi connectivity index (χ3n) is 2.36. The Kier molecular flexibility index (Phi) is 2.66. The molecule has 0 N–H and O–H groups in total. The molecular weight excluding hydrogens is 221 g/mol. The summed E-state index contributed by atoms with van der Waals surface area (Å²) in [4.78, 5) is 11.6. The van der Waals surface area contributed by atoms with Gasteiger partial charge in [0.05, 0.1) is 0 Å². The number of rotatable bonds is 2. The van der Waals surface area contributed by atoms with Crippen LogP contribution in [0.3, 0.4) is 0 Å². The Morgan fingerprint density at radius 3 is 2.50 bits per heavy atom. The van der Waals surface area contributed by atoms with E-state index in [1.165, 1.54) is 0 Å². The molecular formula is C10H9Cl2NO. The van der Waals surface area contributed by atoms with E-state index in [0.717, 1.165) is 18.4 Å². The lowest BCUT2D eigenvalue weighted by molar-refractivity contribution is 0.0923. The molecule has 0 unspecified atom stereocenters. The van der Waals surface area contributed by atoms with Crippen LogP contribution in [0.15, 0.2) is 24.3 Å². The Hall–Kier alpha value is -0.730. The van der Waals surface area contributed by atoms with Gasteiger partial charge >= 0.3 is 0 Å². The second kappa shape index (κ2) is 3.79. The van der Waals surface area contributed by atoms with Crippen LogP contribution in [0, 0.1) is 0 Å². The standard InChI is InChI=1S/C10H9Cl2NO/c11-13(12)10(14)9-4-2-1-3-8(9)7-5-6-7/h1-4,7H,5-6H2. The fourth-order valence-electron chi connectivity index (χ4n) is 1.53. The predicted octanol–water partition coefficient (Wildman–Crippen LogP) is 3.31. The van der Waals surface area contributed by atoms with Gasteiger partial charge in [-0.05, 0) is 30.4 Å². The molecule has 1 aliphatic rings. The largest absolute Gasteiger partial charge is 0.283 e. The molecule has 1 aliphatic carbocycles. The molecule has 1 amide bonds. The van der Waals surface area contributed by atoms with E-state index in [1.54, 1.807) is 6.07 Å². The first kappa shape index (κ1) is 9.81. The highest BCUT2D eigenvalue weighted by atomic mass is 35.5. The molecule has 0 atom stereocenters. The van der Waals surface area contributed by atoms with Crippen LogP contribution in [0.2, 0.25) is 0 Å². The zero-order chi connectivity index (χ0) is 10.1. The molecule has 0 saturated heterocycles. The van der Waals surface area contributed by atoms with E-state index < -0.39 is 0 Å². The van der Waals surface area contributed by atoms with E-state index in [9.17, 15) is 4.79 Å². The molecule has 0 bridgehead atoms. The SMILES string of the molecule is O=C(c1ccccc1C1CC1)N(Cl)Cl. The van der Waals surface area contributed by atoms with Crippen molar-refractivity contribution >= 4 is 29.5 Å². The predicted molar refractivity (Wildman–Crippen MR) is 56.3 cm³/mol. The van der Waals surface area contributed by atoms with Crippen molar-refractivity contribution in [2.45, 2.75) is 18.8 Å². The highest BCUT2D eigenvalue weighted by Gasteiger charge is 2.28. The smallest absolute Gasteiger partial charge is 0.266 e. The van der Waals surface area contributed by atoms with Crippen molar-refractivity contribution in [3.8, 4) is 0 Å². The first-order valence-electron chi connectivity index (χ1n) is 4.45. The molecule has 14 heavy (non-hydrogen) atoms. The highest BCUT2D eigenvalue weighted by Crippen LogP contribution is 2.41. The molecule has 2 rings (SSSR count). The quantitative estimate of drug-likeness (QED) is 0.713. The molecule has 74 valence electrons. The zero-order valence-corrected chi connectivity index (χ0v) is 8.92. The van der Waals surface area contributed by atoms with Gasteiger partial charge in [0.25, 0.3) is 5.91 Å². The summed E-state index contributed by atoms with van der Waals surface area (Å²) in [5, 5.41) is 0. The van der Waals surface area contributed by atoms with Crippen molar-refractivity contribution < 1.29 is 4.79 Å². The normalized spacial score (nSPS) is 15.3. The van der Waals surface area contributed by atoms with Crippen molar-refractivity contribution in [3.63, 3.8) is 0 Å². The van der Waals surface area contributed by atoms with Crippen molar-refractivity contribution in [1.82, 2.24) is 3.94 Å². The van der Waals surface area contributed by atoms with Crippen molar-refractivity contribution in [1.29, 1.82) is 0 Å². The average molecular weight is 230 g/mol. The fraction of sp³-hybridized carbons (Fsp3) is 0.300. The Morgan fingerprint density at radius 1 is 1.29 bits per heavy atom. The van der Waals surface area contributed by atoms with Crippen molar-refractivity contribution in [2.24, 2.45) is 0 Å². The molecule has 1 fully saturated rings. The number of hydrogen-bond donors (Lipinski definition) is 0. The first-order valence-corrected chi connectivity index (χ1v) is 5.12.